The second kappa shape index (κ2) is 8.13. The van der Waals surface area contributed by atoms with Gasteiger partial charge in [-0.2, -0.15) is 4.31 Å². The fourth-order valence-electron chi connectivity index (χ4n) is 3.17. The molecule has 7 nitrogen and oxygen atoms in total. The number of hydrogen-bond acceptors (Lipinski definition) is 5. The van der Waals surface area contributed by atoms with Gasteiger partial charge in [0.15, 0.2) is 5.16 Å². The maximum atomic E-state index is 13.4. The lowest BCUT2D eigenvalue weighted by atomic mass is 10.3. The summed E-state index contributed by atoms with van der Waals surface area (Å²) in [5.41, 5.74) is 1.76. The van der Waals surface area contributed by atoms with Gasteiger partial charge in [0.2, 0.25) is 15.9 Å². The number of thioether (sulfide) groups is 1. The Bertz CT molecular complexity index is 1110. The number of carbonyl (C=O) groups excluding carboxylic acids is 1. The summed E-state index contributed by atoms with van der Waals surface area (Å²) in [5.74, 6) is -0.447. The van der Waals surface area contributed by atoms with E-state index >= 15 is 0 Å². The van der Waals surface area contributed by atoms with Crippen LogP contribution in [-0.4, -0.2) is 65.4 Å². The van der Waals surface area contributed by atoms with Gasteiger partial charge in [-0.05, 0) is 30.3 Å². The van der Waals surface area contributed by atoms with Crippen LogP contribution in [0.25, 0.3) is 11.0 Å². The molecule has 0 atom stereocenters. The van der Waals surface area contributed by atoms with E-state index in [1.54, 1.807) is 4.90 Å². The zero-order valence-electron chi connectivity index (χ0n) is 15.4. The standard InChI is InChI=1S/C19H19FN4O3S2/c20-14-4-3-5-15(12-14)29(26,27)24-10-8-23(9-11-24)18(25)13-28-19-21-16-6-1-2-7-17(16)22-19/h1-7,12H,8-11,13H2,(H,21,22). The maximum Gasteiger partial charge on any atom is 0.243 e. The molecule has 29 heavy (non-hydrogen) atoms. The lowest BCUT2D eigenvalue weighted by Gasteiger charge is -2.34. The van der Waals surface area contributed by atoms with Gasteiger partial charge in [0, 0.05) is 26.2 Å². The van der Waals surface area contributed by atoms with E-state index in [-0.39, 0.29) is 29.6 Å². The minimum atomic E-state index is -3.77. The number of amides is 1. The Balaban J connectivity index is 1.33. The molecule has 152 valence electrons. The Morgan fingerprint density at radius 3 is 2.59 bits per heavy atom. The van der Waals surface area contributed by atoms with Crippen molar-refractivity contribution in [3.8, 4) is 0 Å². The molecule has 1 aliphatic rings. The molecule has 1 aromatic heterocycles. The first-order valence-electron chi connectivity index (χ1n) is 9.04. The van der Waals surface area contributed by atoms with E-state index in [1.165, 1.54) is 34.3 Å². The first-order valence-corrected chi connectivity index (χ1v) is 11.5. The number of H-pyrrole nitrogens is 1. The number of aromatic nitrogens is 2. The first kappa shape index (κ1) is 19.9. The molecule has 1 amide bonds. The highest BCUT2D eigenvalue weighted by atomic mass is 32.2. The fourth-order valence-corrected chi connectivity index (χ4v) is 5.42. The number of imidazole rings is 1. The van der Waals surface area contributed by atoms with Crippen LogP contribution in [-0.2, 0) is 14.8 Å². The predicted molar refractivity (Wildman–Crippen MR) is 109 cm³/mol. The normalized spacial score (nSPS) is 15.7. The Labute approximate surface area is 172 Å². The molecule has 1 aliphatic heterocycles. The SMILES string of the molecule is O=C(CSc1nc2ccccc2[nH]1)N1CCN(S(=O)(=O)c2cccc(F)c2)CC1. The van der Waals surface area contributed by atoms with Crippen LogP contribution in [0, 0.1) is 5.82 Å². The van der Waals surface area contributed by atoms with Crippen LogP contribution in [0.2, 0.25) is 0 Å². The van der Waals surface area contributed by atoms with E-state index in [1.807, 2.05) is 24.3 Å². The molecule has 0 spiro atoms. The van der Waals surface area contributed by atoms with Crippen molar-refractivity contribution < 1.29 is 17.6 Å². The fraction of sp³-hybridized carbons (Fsp3) is 0.263. The number of nitrogens with zero attached hydrogens (tertiary/aromatic N) is 3. The minimum absolute atomic E-state index is 0.0711. The van der Waals surface area contributed by atoms with E-state index in [0.29, 0.717) is 18.2 Å². The van der Waals surface area contributed by atoms with Crippen molar-refractivity contribution in [2.24, 2.45) is 0 Å². The topological polar surface area (TPSA) is 86.4 Å². The van der Waals surface area contributed by atoms with Gasteiger partial charge in [-0.15, -0.1) is 0 Å². The van der Waals surface area contributed by atoms with Crippen molar-refractivity contribution in [2.45, 2.75) is 10.1 Å². The summed E-state index contributed by atoms with van der Waals surface area (Å²) < 4.78 is 40.0. The van der Waals surface area contributed by atoms with Gasteiger partial charge in [0.25, 0.3) is 0 Å². The third-order valence-corrected chi connectivity index (χ3v) is 7.48. The number of nitrogens with one attached hydrogen (secondary N) is 1. The predicted octanol–water partition coefficient (Wildman–Crippen LogP) is 2.33. The van der Waals surface area contributed by atoms with Crippen LogP contribution in [0.5, 0.6) is 0 Å². The Kier molecular flexibility index (Phi) is 5.57. The number of fused-ring (bicyclic) bond motifs is 1. The molecular weight excluding hydrogens is 415 g/mol. The summed E-state index contributed by atoms with van der Waals surface area (Å²) in [5, 5.41) is 0.673. The summed E-state index contributed by atoms with van der Waals surface area (Å²) in [4.78, 5) is 21.7. The number of sulfonamides is 1. The Morgan fingerprint density at radius 1 is 1.10 bits per heavy atom. The average Bonchev–Trinajstić information content (AvgIpc) is 3.15. The van der Waals surface area contributed by atoms with Gasteiger partial charge in [-0.3, -0.25) is 4.79 Å². The van der Waals surface area contributed by atoms with Gasteiger partial charge in [-0.1, -0.05) is 30.0 Å². The molecule has 0 bridgehead atoms. The first-order chi connectivity index (χ1) is 13.9. The Morgan fingerprint density at radius 2 is 1.86 bits per heavy atom. The molecule has 4 rings (SSSR count). The van der Waals surface area contributed by atoms with Gasteiger partial charge < -0.3 is 9.88 Å². The van der Waals surface area contributed by atoms with Crippen LogP contribution in [0.1, 0.15) is 0 Å². The molecule has 0 saturated carbocycles. The van der Waals surface area contributed by atoms with Crippen molar-refractivity contribution in [3.05, 3.63) is 54.3 Å². The second-order valence-corrected chi connectivity index (χ2v) is 9.49. The van der Waals surface area contributed by atoms with Crippen LogP contribution < -0.4 is 0 Å². The van der Waals surface area contributed by atoms with E-state index in [9.17, 15) is 17.6 Å². The zero-order valence-corrected chi connectivity index (χ0v) is 17.0. The molecule has 2 heterocycles. The van der Waals surface area contributed by atoms with Crippen LogP contribution >= 0.6 is 11.8 Å². The lowest BCUT2D eigenvalue weighted by molar-refractivity contribution is -0.129. The van der Waals surface area contributed by atoms with E-state index in [2.05, 4.69) is 9.97 Å². The third kappa shape index (κ3) is 4.29. The molecule has 1 N–H and O–H groups in total. The van der Waals surface area contributed by atoms with Gasteiger partial charge in [-0.25, -0.2) is 17.8 Å². The second-order valence-electron chi connectivity index (χ2n) is 6.59. The smallest absolute Gasteiger partial charge is 0.243 e. The van der Waals surface area contributed by atoms with Gasteiger partial charge in [0.05, 0.1) is 21.7 Å². The van der Waals surface area contributed by atoms with Crippen LogP contribution in [0.15, 0.2) is 58.6 Å². The largest absolute Gasteiger partial charge is 0.339 e. The summed E-state index contributed by atoms with van der Waals surface area (Å²) >= 11 is 1.32. The minimum Gasteiger partial charge on any atom is -0.339 e. The van der Waals surface area contributed by atoms with Gasteiger partial charge in [0.1, 0.15) is 5.82 Å². The van der Waals surface area contributed by atoms with E-state index < -0.39 is 15.8 Å². The van der Waals surface area contributed by atoms with E-state index in [0.717, 1.165) is 17.1 Å². The number of hydrogen-bond donors (Lipinski definition) is 1. The molecule has 10 heteroatoms. The highest BCUT2D eigenvalue weighted by Crippen LogP contribution is 2.21. The van der Waals surface area contributed by atoms with Crippen molar-refractivity contribution in [3.63, 3.8) is 0 Å². The summed E-state index contributed by atoms with van der Waals surface area (Å²) in [6, 6.07) is 12.6. The quantitative estimate of drug-likeness (QED) is 0.623. The highest BCUT2D eigenvalue weighted by Gasteiger charge is 2.30. The number of para-hydroxylation sites is 2. The number of piperazine rings is 1. The number of carbonyl (C=O) groups is 1. The van der Waals surface area contributed by atoms with E-state index in [4.69, 9.17) is 0 Å². The number of rotatable bonds is 5. The summed E-state index contributed by atoms with van der Waals surface area (Å²) in [6.45, 7) is 0.960. The molecular formula is C19H19FN4O3S2. The van der Waals surface area contributed by atoms with Crippen LogP contribution in [0.3, 0.4) is 0 Å². The summed E-state index contributed by atoms with van der Waals surface area (Å²) in [6.07, 6.45) is 0. The van der Waals surface area contributed by atoms with Crippen LogP contribution in [0.4, 0.5) is 4.39 Å². The van der Waals surface area contributed by atoms with Gasteiger partial charge >= 0.3 is 0 Å². The summed E-state index contributed by atoms with van der Waals surface area (Å²) in [7, 11) is -3.77. The van der Waals surface area contributed by atoms with Crippen molar-refractivity contribution in [2.75, 3.05) is 31.9 Å². The highest BCUT2D eigenvalue weighted by molar-refractivity contribution is 7.99. The third-order valence-electron chi connectivity index (χ3n) is 4.73. The average molecular weight is 435 g/mol. The molecule has 2 aromatic carbocycles. The molecule has 0 aliphatic carbocycles. The van der Waals surface area contributed by atoms with Crippen molar-refractivity contribution in [1.29, 1.82) is 0 Å². The lowest BCUT2D eigenvalue weighted by Crippen LogP contribution is -2.50. The van der Waals surface area contributed by atoms with Crippen molar-refractivity contribution >= 4 is 38.7 Å². The number of benzene rings is 2. The molecule has 0 radical (unpaired) electrons. The molecule has 3 aromatic rings. The number of aromatic amines is 1. The zero-order chi connectivity index (χ0) is 20.4. The van der Waals surface area contributed by atoms with Crippen molar-refractivity contribution in [1.82, 2.24) is 19.2 Å². The molecule has 0 unspecified atom stereocenters. The molecule has 1 fully saturated rings. The Hall–Kier alpha value is -2.43. The monoisotopic (exact) mass is 434 g/mol. The molecule has 1 saturated heterocycles. The maximum absolute atomic E-state index is 13.4. The number of halogens is 1.